The van der Waals surface area contributed by atoms with Crippen LogP contribution in [0.3, 0.4) is 0 Å². The fourth-order valence-corrected chi connectivity index (χ4v) is 3.67. The molecule has 0 spiro atoms. The molecule has 1 fully saturated rings. The molecule has 1 aromatic heterocycles. The van der Waals surface area contributed by atoms with E-state index in [1.807, 2.05) is 11.5 Å². The summed E-state index contributed by atoms with van der Waals surface area (Å²) in [5, 5.41) is 0. The van der Waals surface area contributed by atoms with Crippen LogP contribution >= 0.6 is 0 Å². The van der Waals surface area contributed by atoms with E-state index in [-0.39, 0.29) is 30.2 Å². The molecule has 29 heavy (non-hydrogen) atoms. The zero-order valence-corrected chi connectivity index (χ0v) is 16.5. The number of hydrogen-bond donors (Lipinski definition) is 1. The second-order valence-corrected chi connectivity index (χ2v) is 7.23. The van der Waals surface area contributed by atoms with Gasteiger partial charge in [0.25, 0.3) is 5.91 Å². The number of carbonyl (C=O) groups excluding carboxylic acids is 3. The predicted molar refractivity (Wildman–Crippen MR) is 104 cm³/mol. The van der Waals surface area contributed by atoms with Gasteiger partial charge < -0.3 is 19.9 Å². The predicted octanol–water partition coefficient (Wildman–Crippen LogP) is 2.11. The molecule has 1 aliphatic rings. The number of amides is 2. The van der Waals surface area contributed by atoms with Gasteiger partial charge in [0, 0.05) is 36.1 Å². The molecule has 0 radical (unpaired) electrons. The molecule has 1 aromatic carbocycles. The average Bonchev–Trinajstić information content (AvgIpc) is 3.01. The van der Waals surface area contributed by atoms with Gasteiger partial charge in [-0.05, 0) is 57.0 Å². The van der Waals surface area contributed by atoms with Crippen molar-refractivity contribution in [2.45, 2.75) is 26.7 Å². The summed E-state index contributed by atoms with van der Waals surface area (Å²) in [4.78, 5) is 37.6. The molecule has 2 heterocycles. The normalized spacial score (nSPS) is 14.7. The van der Waals surface area contributed by atoms with Crippen LogP contribution in [0.4, 0.5) is 4.39 Å². The third-order valence-corrected chi connectivity index (χ3v) is 5.31. The van der Waals surface area contributed by atoms with E-state index in [9.17, 15) is 18.8 Å². The first-order valence-corrected chi connectivity index (χ1v) is 9.47. The van der Waals surface area contributed by atoms with Gasteiger partial charge in [0.2, 0.25) is 5.91 Å². The molecule has 0 bridgehead atoms. The molecule has 1 saturated heterocycles. The number of likely N-dealkylation sites (tertiary alicyclic amines) is 1. The van der Waals surface area contributed by atoms with Crippen molar-refractivity contribution in [1.82, 2.24) is 9.47 Å². The smallest absolute Gasteiger partial charge is 0.340 e. The lowest BCUT2D eigenvalue weighted by Crippen LogP contribution is -2.43. The van der Waals surface area contributed by atoms with Crippen molar-refractivity contribution >= 4 is 17.8 Å². The number of hydrogen-bond acceptors (Lipinski definition) is 4. The van der Waals surface area contributed by atoms with Crippen LogP contribution in [0, 0.1) is 25.6 Å². The number of aromatic nitrogens is 1. The zero-order valence-electron chi connectivity index (χ0n) is 16.5. The number of nitrogens with zero attached hydrogens (tertiary/aromatic N) is 2. The monoisotopic (exact) mass is 401 g/mol. The number of esters is 1. The number of benzene rings is 1. The van der Waals surface area contributed by atoms with Gasteiger partial charge in [-0.1, -0.05) is 0 Å². The van der Waals surface area contributed by atoms with Crippen molar-refractivity contribution in [3.05, 3.63) is 53.1 Å². The summed E-state index contributed by atoms with van der Waals surface area (Å²) in [6.45, 7) is 4.08. The summed E-state index contributed by atoms with van der Waals surface area (Å²) in [7, 11) is 0. The van der Waals surface area contributed by atoms with Crippen molar-refractivity contribution in [2.75, 3.05) is 19.7 Å². The molecule has 3 rings (SSSR count). The summed E-state index contributed by atoms with van der Waals surface area (Å²) < 4.78 is 20.2. The summed E-state index contributed by atoms with van der Waals surface area (Å²) in [5.74, 6) is -1.78. The molecule has 7 nitrogen and oxygen atoms in total. The molecule has 154 valence electrons. The standard InChI is InChI=1S/C21H24FN3O4/c1-13-11-18(14(2)25(13)17-5-3-16(22)4-6-17)21(28)29-12-19(26)24-9-7-15(8-10-24)20(23)27/h3-6,11,15H,7-10,12H2,1-2H3,(H2,23,27). The number of rotatable bonds is 5. The molecule has 0 aliphatic carbocycles. The minimum absolute atomic E-state index is 0.210. The molecule has 0 saturated carbocycles. The summed E-state index contributed by atoms with van der Waals surface area (Å²) in [5.41, 5.74) is 7.82. The largest absolute Gasteiger partial charge is 0.452 e. The fourth-order valence-electron chi connectivity index (χ4n) is 3.67. The Morgan fingerprint density at radius 1 is 1.14 bits per heavy atom. The summed E-state index contributed by atoms with van der Waals surface area (Å²) in [6, 6.07) is 7.65. The van der Waals surface area contributed by atoms with Gasteiger partial charge in [-0.3, -0.25) is 9.59 Å². The van der Waals surface area contributed by atoms with E-state index in [1.54, 1.807) is 30.0 Å². The van der Waals surface area contributed by atoms with Crippen LogP contribution in [0.2, 0.25) is 0 Å². The molecular weight excluding hydrogens is 377 g/mol. The molecule has 2 amide bonds. The van der Waals surface area contributed by atoms with Gasteiger partial charge in [0.1, 0.15) is 5.82 Å². The Morgan fingerprint density at radius 2 is 1.76 bits per heavy atom. The number of nitrogens with two attached hydrogens (primary N) is 1. The molecule has 2 aromatic rings. The Kier molecular flexibility index (Phi) is 6.00. The lowest BCUT2D eigenvalue weighted by atomic mass is 9.96. The Balaban J connectivity index is 1.63. The Morgan fingerprint density at radius 3 is 2.34 bits per heavy atom. The number of carbonyl (C=O) groups is 3. The van der Waals surface area contributed by atoms with Crippen LogP contribution in [0.5, 0.6) is 0 Å². The molecule has 0 unspecified atom stereocenters. The Hall–Kier alpha value is -3.16. The highest BCUT2D eigenvalue weighted by molar-refractivity contribution is 5.93. The second-order valence-electron chi connectivity index (χ2n) is 7.23. The van der Waals surface area contributed by atoms with E-state index >= 15 is 0 Å². The zero-order chi connectivity index (χ0) is 21.1. The number of piperidine rings is 1. The molecule has 2 N–H and O–H groups in total. The molecular formula is C21H24FN3O4. The minimum Gasteiger partial charge on any atom is -0.452 e. The van der Waals surface area contributed by atoms with E-state index in [4.69, 9.17) is 10.5 Å². The highest BCUT2D eigenvalue weighted by Gasteiger charge is 2.27. The maximum absolute atomic E-state index is 13.2. The maximum Gasteiger partial charge on any atom is 0.340 e. The van der Waals surface area contributed by atoms with Gasteiger partial charge >= 0.3 is 5.97 Å². The highest BCUT2D eigenvalue weighted by Crippen LogP contribution is 2.22. The number of aryl methyl sites for hydroxylation is 1. The van der Waals surface area contributed by atoms with E-state index in [0.29, 0.717) is 37.2 Å². The number of ether oxygens (including phenoxy) is 1. The van der Waals surface area contributed by atoms with Gasteiger partial charge in [-0.15, -0.1) is 0 Å². The van der Waals surface area contributed by atoms with Crippen molar-refractivity contribution in [2.24, 2.45) is 11.7 Å². The van der Waals surface area contributed by atoms with Crippen LogP contribution in [0.15, 0.2) is 30.3 Å². The first kappa shape index (κ1) is 20.6. The van der Waals surface area contributed by atoms with Crippen LogP contribution in [-0.2, 0) is 14.3 Å². The average molecular weight is 401 g/mol. The lowest BCUT2D eigenvalue weighted by molar-refractivity contribution is -0.137. The van der Waals surface area contributed by atoms with Crippen molar-refractivity contribution in [3.63, 3.8) is 0 Å². The van der Waals surface area contributed by atoms with Crippen LogP contribution < -0.4 is 5.73 Å². The minimum atomic E-state index is -0.591. The van der Waals surface area contributed by atoms with Gasteiger partial charge in [0.05, 0.1) is 5.56 Å². The fraction of sp³-hybridized carbons (Fsp3) is 0.381. The number of primary amides is 1. The second kappa shape index (κ2) is 8.46. The lowest BCUT2D eigenvalue weighted by Gasteiger charge is -2.30. The first-order chi connectivity index (χ1) is 13.8. The third-order valence-electron chi connectivity index (χ3n) is 5.31. The SMILES string of the molecule is Cc1cc(C(=O)OCC(=O)N2CCC(C(N)=O)CC2)c(C)n1-c1ccc(F)cc1. The van der Waals surface area contributed by atoms with Gasteiger partial charge in [0.15, 0.2) is 6.61 Å². The molecule has 8 heteroatoms. The topological polar surface area (TPSA) is 94.6 Å². The third kappa shape index (κ3) is 4.47. The van der Waals surface area contributed by atoms with Crippen LogP contribution in [-0.4, -0.2) is 46.9 Å². The van der Waals surface area contributed by atoms with Gasteiger partial charge in [-0.2, -0.15) is 0 Å². The molecule has 0 atom stereocenters. The van der Waals surface area contributed by atoms with E-state index in [1.165, 1.54) is 12.1 Å². The van der Waals surface area contributed by atoms with Crippen molar-refractivity contribution in [1.29, 1.82) is 0 Å². The van der Waals surface area contributed by atoms with Crippen LogP contribution in [0.1, 0.15) is 34.6 Å². The Labute approximate surface area is 168 Å². The number of halogens is 1. The first-order valence-electron chi connectivity index (χ1n) is 9.47. The maximum atomic E-state index is 13.2. The van der Waals surface area contributed by atoms with Gasteiger partial charge in [-0.25, -0.2) is 9.18 Å². The molecule has 1 aliphatic heterocycles. The summed E-state index contributed by atoms with van der Waals surface area (Å²) >= 11 is 0. The highest BCUT2D eigenvalue weighted by atomic mass is 19.1. The van der Waals surface area contributed by atoms with E-state index in [2.05, 4.69) is 0 Å². The van der Waals surface area contributed by atoms with Crippen LogP contribution in [0.25, 0.3) is 5.69 Å². The quantitative estimate of drug-likeness (QED) is 0.777. The van der Waals surface area contributed by atoms with E-state index in [0.717, 1.165) is 11.4 Å². The van der Waals surface area contributed by atoms with E-state index < -0.39 is 5.97 Å². The summed E-state index contributed by atoms with van der Waals surface area (Å²) in [6.07, 6.45) is 1.04. The van der Waals surface area contributed by atoms with Crippen molar-refractivity contribution in [3.8, 4) is 5.69 Å². The Bertz CT molecular complexity index is 928. The van der Waals surface area contributed by atoms with Crippen molar-refractivity contribution < 1.29 is 23.5 Å².